The SMILES string of the molecule is Fc1cc(C(F)F)c(OC(F)(F)F)c(I)n1. The monoisotopic (exact) mass is 357 g/mol. The molecule has 0 spiro atoms. The highest BCUT2D eigenvalue weighted by molar-refractivity contribution is 14.1. The van der Waals surface area contributed by atoms with E-state index in [-0.39, 0.29) is 6.07 Å². The van der Waals surface area contributed by atoms with E-state index in [1.807, 2.05) is 0 Å². The van der Waals surface area contributed by atoms with Gasteiger partial charge in [-0.15, -0.1) is 13.2 Å². The minimum absolute atomic E-state index is 0.202. The van der Waals surface area contributed by atoms with Crippen LogP contribution >= 0.6 is 22.6 Å². The Morgan fingerprint density at radius 2 is 1.88 bits per heavy atom. The van der Waals surface area contributed by atoms with Crippen molar-refractivity contribution in [1.29, 1.82) is 0 Å². The molecule has 1 aromatic heterocycles. The van der Waals surface area contributed by atoms with Crippen LogP contribution in [0.5, 0.6) is 5.75 Å². The van der Waals surface area contributed by atoms with E-state index in [2.05, 4.69) is 9.72 Å². The molecule has 0 amide bonds. The molecule has 9 heteroatoms. The van der Waals surface area contributed by atoms with Crippen molar-refractivity contribution in [3.8, 4) is 5.75 Å². The maximum Gasteiger partial charge on any atom is 0.573 e. The van der Waals surface area contributed by atoms with Crippen LogP contribution < -0.4 is 4.74 Å². The topological polar surface area (TPSA) is 22.1 Å². The number of hydrogen-bond donors (Lipinski definition) is 0. The van der Waals surface area contributed by atoms with Crippen LogP contribution in [-0.2, 0) is 0 Å². The van der Waals surface area contributed by atoms with Gasteiger partial charge in [-0.05, 0) is 22.6 Å². The first-order chi connectivity index (χ1) is 7.20. The average molecular weight is 357 g/mol. The summed E-state index contributed by atoms with van der Waals surface area (Å²) in [7, 11) is 0. The van der Waals surface area contributed by atoms with E-state index in [1.54, 1.807) is 0 Å². The van der Waals surface area contributed by atoms with Gasteiger partial charge in [-0.3, -0.25) is 0 Å². The van der Waals surface area contributed by atoms with Gasteiger partial charge in [0.25, 0.3) is 6.43 Å². The van der Waals surface area contributed by atoms with Crippen molar-refractivity contribution >= 4 is 22.6 Å². The number of hydrogen-bond acceptors (Lipinski definition) is 2. The Labute approximate surface area is 98.7 Å². The number of alkyl halides is 5. The zero-order valence-electron chi connectivity index (χ0n) is 7.16. The fraction of sp³-hybridized carbons (Fsp3) is 0.286. The van der Waals surface area contributed by atoms with Crippen molar-refractivity contribution < 1.29 is 31.1 Å². The summed E-state index contributed by atoms with van der Waals surface area (Å²) in [6.07, 6.45) is -8.42. The number of nitrogens with zero attached hydrogens (tertiary/aromatic N) is 1. The molecule has 1 aromatic rings. The summed E-state index contributed by atoms with van der Waals surface area (Å²) in [5.74, 6) is -2.47. The lowest BCUT2D eigenvalue weighted by Gasteiger charge is -2.13. The Morgan fingerprint density at radius 1 is 1.31 bits per heavy atom. The number of rotatable bonds is 2. The van der Waals surface area contributed by atoms with Gasteiger partial charge >= 0.3 is 6.36 Å². The van der Waals surface area contributed by atoms with Gasteiger partial charge in [0.2, 0.25) is 5.95 Å². The summed E-state index contributed by atoms with van der Waals surface area (Å²) in [6.45, 7) is 0. The standard InChI is InChI=1S/C7H2F6INO/c8-3-1-2(5(9)10)4(6(14)15-3)16-7(11,12)13/h1,5H. The Bertz CT molecular complexity index is 393. The lowest BCUT2D eigenvalue weighted by molar-refractivity contribution is -0.275. The molecule has 0 atom stereocenters. The second kappa shape index (κ2) is 4.63. The minimum Gasteiger partial charge on any atom is -0.402 e. The third-order valence-electron chi connectivity index (χ3n) is 1.38. The van der Waals surface area contributed by atoms with Gasteiger partial charge in [0, 0.05) is 6.07 Å². The second-order valence-corrected chi connectivity index (χ2v) is 3.52. The third kappa shape index (κ3) is 3.39. The first-order valence-corrected chi connectivity index (χ1v) is 4.68. The molecular weight excluding hydrogens is 355 g/mol. The van der Waals surface area contributed by atoms with Crippen LogP contribution in [0, 0.1) is 9.65 Å². The summed E-state index contributed by atoms with van der Waals surface area (Å²) in [6, 6.07) is 0.202. The Balaban J connectivity index is 3.25. The number of ether oxygens (including phenoxy) is 1. The van der Waals surface area contributed by atoms with Crippen LogP contribution in [0.4, 0.5) is 26.3 Å². The van der Waals surface area contributed by atoms with E-state index >= 15 is 0 Å². The third-order valence-corrected chi connectivity index (χ3v) is 2.11. The smallest absolute Gasteiger partial charge is 0.402 e. The second-order valence-electron chi connectivity index (χ2n) is 2.50. The van der Waals surface area contributed by atoms with Gasteiger partial charge < -0.3 is 4.74 Å². The van der Waals surface area contributed by atoms with Gasteiger partial charge in [0.05, 0.1) is 5.56 Å². The van der Waals surface area contributed by atoms with Gasteiger partial charge in [0.15, 0.2) is 5.75 Å². The van der Waals surface area contributed by atoms with Crippen molar-refractivity contribution in [1.82, 2.24) is 4.98 Å². The van der Waals surface area contributed by atoms with E-state index in [0.29, 0.717) is 0 Å². The first-order valence-electron chi connectivity index (χ1n) is 3.60. The van der Waals surface area contributed by atoms with E-state index < -0.39 is 33.7 Å². The molecule has 0 bridgehead atoms. The predicted octanol–water partition coefficient (Wildman–Crippen LogP) is 3.66. The maximum atomic E-state index is 12.6. The minimum atomic E-state index is -5.14. The summed E-state index contributed by atoms with van der Waals surface area (Å²) in [5.41, 5.74) is -1.19. The molecule has 0 aromatic carbocycles. The van der Waals surface area contributed by atoms with Crippen molar-refractivity contribution in [3.63, 3.8) is 0 Å². The van der Waals surface area contributed by atoms with Crippen LogP contribution in [0.25, 0.3) is 0 Å². The van der Waals surface area contributed by atoms with Crippen molar-refractivity contribution in [2.45, 2.75) is 12.8 Å². The molecule has 2 nitrogen and oxygen atoms in total. The fourth-order valence-corrected chi connectivity index (χ4v) is 1.52. The maximum absolute atomic E-state index is 12.6. The quantitative estimate of drug-likeness (QED) is 0.458. The molecule has 0 aliphatic carbocycles. The molecule has 1 heterocycles. The van der Waals surface area contributed by atoms with E-state index in [0.717, 1.165) is 0 Å². The average Bonchev–Trinajstić information content (AvgIpc) is 2.07. The van der Waals surface area contributed by atoms with E-state index in [9.17, 15) is 26.3 Å². The molecule has 0 fully saturated rings. The summed E-state index contributed by atoms with van der Waals surface area (Å²) in [5, 5.41) is 0. The molecule has 0 unspecified atom stereocenters. The van der Waals surface area contributed by atoms with Gasteiger partial charge in [-0.25, -0.2) is 13.8 Å². The van der Waals surface area contributed by atoms with E-state index in [4.69, 9.17) is 0 Å². The highest BCUT2D eigenvalue weighted by Crippen LogP contribution is 2.35. The molecule has 0 saturated carbocycles. The highest BCUT2D eigenvalue weighted by Gasteiger charge is 2.35. The van der Waals surface area contributed by atoms with Gasteiger partial charge in [-0.1, -0.05) is 0 Å². The molecule has 1 rings (SSSR count). The summed E-state index contributed by atoms with van der Waals surface area (Å²) in [4.78, 5) is 2.96. The normalized spacial score (nSPS) is 12.0. The van der Waals surface area contributed by atoms with Crippen molar-refractivity contribution in [2.75, 3.05) is 0 Å². The van der Waals surface area contributed by atoms with Gasteiger partial charge in [-0.2, -0.15) is 4.39 Å². The molecule has 0 aliphatic rings. The zero-order chi connectivity index (χ0) is 12.5. The van der Waals surface area contributed by atoms with Crippen LogP contribution in [0.3, 0.4) is 0 Å². The van der Waals surface area contributed by atoms with Crippen LogP contribution in [0.2, 0.25) is 0 Å². The molecule has 0 saturated heterocycles. The molecule has 90 valence electrons. The number of pyridine rings is 1. The molecule has 0 aliphatic heterocycles. The van der Waals surface area contributed by atoms with Crippen molar-refractivity contribution in [2.24, 2.45) is 0 Å². The van der Waals surface area contributed by atoms with Crippen molar-refractivity contribution in [3.05, 3.63) is 21.3 Å². The fourth-order valence-electron chi connectivity index (χ4n) is 0.869. The van der Waals surface area contributed by atoms with Crippen LogP contribution in [0.1, 0.15) is 12.0 Å². The number of aromatic nitrogens is 1. The summed E-state index contributed by atoms with van der Waals surface area (Å²) < 4.78 is 75.6. The predicted molar refractivity (Wildman–Crippen MR) is 48.6 cm³/mol. The Kier molecular flexibility index (Phi) is 3.86. The zero-order valence-corrected chi connectivity index (χ0v) is 9.31. The highest BCUT2D eigenvalue weighted by atomic mass is 127. The van der Waals surface area contributed by atoms with Gasteiger partial charge in [0.1, 0.15) is 3.70 Å². The van der Waals surface area contributed by atoms with E-state index in [1.165, 1.54) is 22.6 Å². The summed E-state index contributed by atoms with van der Waals surface area (Å²) >= 11 is 1.18. The Hall–Kier alpha value is -0.740. The lowest BCUT2D eigenvalue weighted by atomic mass is 10.2. The van der Waals surface area contributed by atoms with Crippen LogP contribution in [0.15, 0.2) is 6.07 Å². The molecule has 0 N–H and O–H groups in total. The largest absolute Gasteiger partial charge is 0.573 e. The Morgan fingerprint density at radius 3 is 2.31 bits per heavy atom. The molecule has 0 radical (unpaired) electrons. The van der Waals surface area contributed by atoms with Crippen LogP contribution in [-0.4, -0.2) is 11.3 Å². The molecular formula is C7H2F6INO. The number of halogens is 7. The molecule has 16 heavy (non-hydrogen) atoms. The lowest BCUT2D eigenvalue weighted by Crippen LogP contribution is -2.19. The first kappa shape index (κ1) is 13.3.